The quantitative estimate of drug-likeness (QED) is 0.764. The molecular weight excluding hydrogens is 210 g/mol. The highest BCUT2D eigenvalue weighted by Gasteiger charge is 2.20. The molecule has 90 valence electrons. The SMILES string of the molecule is Cc1oc(=O)oc1CC(C)N1CCOCC1. The molecular formula is C11H17NO4. The van der Waals surface area contributed by atoms with Crippen LogP contribution >= 0.6 is 0 Å². The Morgan fingerprint density at radius 1 is 1.31 bits per heavy atom. The van der Waals surface area contributed by atoms with E-state index in [0.29, 0.717) is 24.0 Å². The Balaban J connectivity index is 1.98. The summed E-state index contributed by atoms with van der Waals surface area (Å²) < 4.78 is 15.1. The molecule has 1 saturated heterocycles. The molecule has 2 rings (SSSR count). The summed E-state index contributed by atoms with van der Waals surface area (Å²) in [6, 6.07) is 0.336. The van der Waals surface area contributed by atoms with Gasteiger partial charge in [0.15, 0.2) is 5.76 Å². The van der Waals surface area contributed by atoms with Crippen LogP contribution in [-0.4, -0.2) is 37.2 Å². The van der Waals surface area contributed by atoms with E-state index < -0.39 is 5.82 Å². The fourth-order valence-electron chi connectivity index (χ4n) is 1.98. The third kappa shape index (κ3) is 2.54. The van der Waals surface area contributed by atoms with E-state index in [2.05, 4.69) is 11.8 Å². The van der Waals surface area contributed by atoms with Gasteiger partial charge in [0.25, 0.3) is 0 Å². The van der Waals surface area contributed by atoms with E-state index in [1.807, 2.05) is 0 Å². The van der Waals surface area contributed by atoms with Crippen LogP contribution in [0.2, 0.25) is 0 Å². The van der Waals surface area contributed by atoms with Crippen LogP contribution in [0.25, 0.3) is 0 Å². The Morgan fingerprint density at radius 2 is 2.00 bits per heavy atom. The summed E-state index contributed by atoms with van der Waals surface area (Å²) in [5.74, 6) is 0.635. The standard InChI is InChI=1S/C11H17NO4/c1-8(12-3-5-14-6-4-12)7-10-9(2)15-11(13)16-10/h8H,3-7H2,1-2H3. The van der Waals surface area contributed by atoms with Crippen molar-refractivity contribution in [2.75, 3.05) is 26.3 Å². The van der Waals surface area contributed by atoms with Crippen molar-refractivity contribution in [3.8, 4) is 0 Å². The zero-order valence-electron chi connectivity index (χ0n) is 9.69. The highest BCUT2D eigenvalue weighted by atomic mass is 16.6. The Labute approximate surface area is 94.0 Å². The van der Waals surface area contributed by atoms with Crippen LogP contribution in [0, 0.1) is 6.92 Å². The monoisotopic (exact) mass is 227 g/mol. The first kappa shape index (κ1) is 11.4. The molecule has 2 heterocycles. The second-order valence-electron chi connectivity index (χ2n) is 4.13. The minimum absolute atomic E-state index is 0.336. The Morgan fingerprint density at radius 3 is 2.56 bits per heavy atom. The van der Waals surface area contributed by atoms with Gasteiger partial charge < -0.3 is 13.6 Å². The molecule has 0 spiro atoms. The van der Waals surface area contributed by atoms with Gasteiger partial charge in [-0.3, -0.25) is 4.90 Å². The van der Waals surface area contributed by atoms with Crippen molar-refractivity contribution >= 4 is 0 Å². The number of rotatable bonds is 3. The predicted molar refractivity (Wildman–Crippen MR) is 57.5 cm³/mol. The average Bonchev–Trinajstić information content (AvgIpc) is 2.59. The molecule has 0 aliphatic carbocycles. The van der Waals surface area contributed by atoms with E-state index >= 15 is 0 Å². The van der Waals surface area contributed by atoms with Crippen molar-refractivity contribution in [3.05, 3.63) is 22.1 Å². The zero-order valence-corrected chi connectivity index (χ0v) is 9.69. The lowest BCUT2D eigenvalue weighted by Crippen LogP contribution is -2.43. The van der Waals surface area contributed by atoms with Crippen molar-refractivity contribution < 1.29 is 13.6 Å². The third-order valence-electron chi connectivity index (χ3n) is 2.99. The van der Waals surface area contributed by atoms with Gasteiger partial charge in [-0.05, 0) is 13.8 Å². The molecule has 0 aromatic carbocycles. The van der Waals surface area contributed by atoms with Crippen molar-refractivity contribution in [1.29, 1.82) is 0 Å². The van der Waals surface area contributed by atoms with Crippen LogP contribution in [0.3, 0.4) is 0 Å². The van der Waals surface area contributed by atoms with Gasteiger partial charge in [-0.1, -0.05) is 0 Å². The average molecular weight is 227 g/mol. The number of ether oxygens (including phenoxy) is 1. The molecule has 1 aromatic rings. The van der Waals surface area contributed by atoms with Crippen LogP contribution in [-0.2, 0) is 11.2 Å². The van der Waals surface area contributed by atoms with E-state index in [0.717, 1.165) is 26.3 Å². The molecule has 1 aliphatic heterocycles. The molecule has 0 N–H and O–H groups in total. The first-order valence-corrected chi connectivity index (χ1v) is 5.58. The molecule has 1 fully saturated rings. The van der Waals surface area contributed by atoms with Gasteiger partial charge in [0, 0.05) is 25.6 Å². The van der Waals surface area contributed by atoms with Crippen LogP contribution < -0.4 is 5.82 Å². The largest absolute Gasteiger partial charge is 0.519 e. The van der Waals surface area contributed by atoms with Gasteiger partial charge in [-0.15, -0.1) is 0 Å². The Hall–Kier alpha value is -1.07. The molecule has 1 unspecified atom stereocenters. The van der Waals surface area contributed by atoms with E-state index in [-0.39, 0.29) is 0 Å². The van der Waals surface area contributed by atoms with E-state index in [1.165, 1.54) is 0 Å². The lowest BCUT2D eigenvalue weighted by Gasteiger charge is -2.31. The van der Waals surface area contributed by atoms with Gasteiger partial charge in [-0.2, -0.15) is 0 Å². The number of nitrogens with zero attached hydrogens (tertiary/aromatic N) is 1. The molecule has 5 heteroatoms. The van der Waals surface area contributed by atoms with Gasteiger partial charge in [-0.25, -0.2) is 4.79 Å². The van der Waals surface area contributed by atoms with Gasteiger partial charge in [0.05, 0.1) is 13.2 Å². The van der Waals surface area contributed by atoms with Crippen LogP contribution in [0.15, 0.2) is 13.6 Å². The number of morpholine rings is 1. The summed E-state index contributed by atoms with van der Waals surface area (Å²) in [5.41, 5.74) is 0. The maximum absolute atomic E-state index is 10.9. The molecule has 0 saturated carbocycles. The lowest BCUT2D eigenvalue weighted by molar-refractivity contribution is 0.0194. The molecule has 1 atom stereocenters. The molecule has 1 aromatic heterocycles. The Bertz CT molecular complexity index is 389. The molecule has 5 nitrogen and oxygen atoms in total. The maximum Gasteiger partial charge on any atom is 0.519 e. The normalized spacial score (nSPS) is 19.9. The summed E-state index contributed by atoms with van der Waals surface area (Å²) >= 11 is 0. The minimum atomic E-state index is -0.610. The molecule has 0 bridgehead atoms. The summed E-state index contributed by atoms with van der Waals surface area (Å²) in [7, 11) is 0. The van der Waals surface area contributed by atoms with Crippen LogP contribution in [0.4, 0.5) is 0 Å². The summed E-state index contributed by atoms with van der Waals surface area (Å²) in [5, 5.41) is 0. The second kappa shape index (κ2) is 4.84. The Kier molecular flexibility index (Phi) is 3.46. The topological polar surface area (TPSA) is 55.8 Å². The van der Waals surface area contributed by atoms with Crippen LogP contribution in [0.5, 0.6) is 0 Å². The minimum Gasteiger partial charge on any atom is -0.396 e. The molecule has 1 aliphatic rings. The van der Waals surface area contributed by atoms with E-state index in [1.54, 1.807) is 6.92 Å². The van der Waals surface area contributed by atoms with Crippen molar-refractivity contribution in [2.45, 2.75) is 26.3 Å². The number of hydrogen-bond acceptors (Lipinski definition) is 5. The van der Waals surface area contributed by atoms with Crippen molar-refractivity contribution in [2.24, 2.45) is 0 Å². The van der Waals surface area contributed by atoms with E-state index in [9.17, 15) is 4.79 Å². The van der Waals surface area contributed by atoms with Gasteiger partial charge in [0.1, 0.15) is 5.76 Å². The lowest BCUT2D eigenvalue weighted by atomic mass is 10.1. The third-order valence-corrected chi connectivity index (χ3v) is 2.99. The fourth-order valence-corrected chi connectivity index (χ4v) is 1.98. The first-order valence-electron chi connectivity index (χ1n) is 5.58. The summed E-state index contributed by atoms with van der Waals surface area (Å²) in [6.07, 6.45) is 0.706. The second-order valence-corrected chi connectivity index (χ2v) is 4.13. The highest BCUT2D eigenvalue weighted by Crippen LogP contribution is 2.13. The number of hydrogen-bond donors (Lipinski definition) is 0. The van der Waals surface area contributed by atoms with Crippen molar-refractivity contribution in [1.82, 2.24) is 4.90 Å². The maximum atomic E-state index is 10.9. The number of aryl methyl sites for hydroxylation is 1. The smallest absolute Gasteiger partial charge is 0.396 e. The molecule has 16 heavy (non-hydrogen) atoms. The van der Waals surface area contributed by atoms with Gasteiger partial charge >= 0.3 is 5.82 Å². The molecule has 0 radical (unpaired) electrons. The first-order chi connectivity index (χ1) is 7.66. The summed E-state index contributed by atoms with van der Waals surface area (Å²) in [6.45, 7) is 7.30. The van der Waals surface area contributed by atoms with Crippen LogP contribution in [0.1, 0.15) is 18.4 Å². The molecule has 0 amide bonds. The zero-order chi connectivity index (χ0) is 11.5. The fraction of sp³-hybridized carbons (Fsp3) is 0.727. The van der Waals surface area contributed by atoms with E-state index in [4.69, 9.17) is 13.6 Å². The van der Waals surface area contributed by atoms with Gasteiger partial charge in [0.2, 0.25) is 0 Å². The summed E-state index contributed by atoms with van der Waals surface area (Å²) in [4.78, 5) is 13.2. The highest BCUT2D eigenvalue weighted by molar-refractivity contribution is 5.02. The predicted octanol–water partition coefficient (Wildman–Crippen LogP) is 0.804. The van der Waals surface area contributed by atoms with Crippen molar-refractivity contribution in [3.63, 3.8) is 0 Å².